The molecule has 1 aromatic rings. The van der Waals surface area contributed by atoms with E-state index >= 15 is 0 Å². The largest absolute Gasteiger partial charge is 0.435 e. The summed E-state index contributed by atoms with van der Waals surface area (Å²) in [7, 11) is 0. The third-order valence-corrected chi connectivity index (χ3v) is 3.05. The van der Waals surface area contributed by atoms with E-state index < -0.39 is 6.61 Å². The topological polar surface area (TPSA) is 26.3 Å². The van der Waals surface area contributed by atoms with Crippen molar-refractivity contribution in [3.05, 3.63) is 28.8 Å². The van der Waals surface area contributed by atoms with Gasteiger partial charge in [0.15, 0.2) is 0 Å². The monoisotopic (exact) mass is 270 g/mol. The van der Waals surface area contributed by atoms with Crippen LogP contribution in [0.25, 0.3) is 0 Å². The van der Waals surface area contributed by atoms with Crippen LogP contribution < -0.4 is 4.74 Å². The molecule has 0 heterocycles. The predicted octanol–water partition coefficient (Wildman–Crippen LogP) is 4.28. The summed E-state index contributed by atoms with van der Waals surface area (Å²) in [6.45, 7) is 5.05. The van der Waals surface area contributed by atoms with Gasteiger partial charge in [-0.15, -0.1) is 0 Å². The first-order chi connectivity index (χ1) is 8.86. The van der Waals surface area contributed by atoms with Crippen molar-refractivity contribution in [2.45, 2.75) is 52.6 Å². The summed E-state index contributed by atoms with van der Waals surface area (Å²) in [6, 6.07) is 3.23. The third-order valence-electron chi connectivity index (χ3n) is 3.05. The number of halogens is 2. The molecule has 0 aliphatic carbocycles. The van der Waals surface area contributed by atoms with Crippen LogP contribution in [0.2, 0.25) is 0 Å². The van der Waals surface area contributed by atoms with Gasteiger partial charge in [-0.1, -0.05) is 27.7 Å². The van der Waals surface area contributed by atoms with Crippen molar-refractivity contribution in [3.63, 3.8) is 0 Å². The molecule has 0 saturated heterocycles. The lowest BCUT2D eigenvalue weighted by atomic mass is 9.87. The Morgan fingerprint density at radius 2 is 1.58 bits per heavy atom. The van der Waals surface area contributed by atoms with Crippen LogP contribution in [0.3, 0.4) is 0 Å². The van der Waals surface area contributed by atoms with Gasteiger partial charge in [0.05, 0.1) is 0 Å². The van der Waals surface area contributed by atoms with Gasteiger partial charge >= 0.3 is 6.61 Å². The highest BCUT2D eigenvalue weighted by molar-refractivity contribution is 5.60. The first-order valence-electron chi connectivity index (χ1n) is 6.42. The van der Waals surface area contributed by atoms with Crippen LogP contribution in [-0.4, -0.2) is 12.9 Å². The van der Waals surface area contributed by atoms with E-state index in [4.69, 9.17) is 0 Å². The van der Waals surface area contributed by atoms with E-state index in [0.717, 1.165) is 23.0 Å². The highest BCUT2D eigenvalue weighted by Gasteiger charge is 2.17. The predicted molar refractivity (Wildman–Crippen MR) is 71.0 cm³/mol. The zero-order chi connectivity index (χ0) is 14.6. The molecule has 0 aliphatic heterocycles. The van der Waals surface area contributed by atoms with Crippen LogP contribution >= 0.6 is 0 Å². The highest BCUT2D eigenvalue weighted by atomic mass is 19.3. The molecular weight excluding hydrogens is 250 g/mol. The molecule has 0 aliphatic rings. The minimum Gasteiger partial charge on any atom is -0.435 e. The lowest BCUT2D eigenvalue weighted by Crippen LogP contribution is -2.08. The Bertz CT molecular complexity index is 411. The van der Waals surface area contributed by atoms with Gasteiger partial charge < -0.3 is 9.53 Å². The Balaban J connectivity index is 3.38. The quantitative estimate of drug-likeness (QED) is 0.721. The Morgan fingerprint density at radius 3 is 1.89 bits per heavy atom. The maximum Gasteiger partial charge on any atom is 0.387 e. The molecular formula is C15H20F2O2. The van der Waals surface area contributed by atoms with Crippen LogP contribution in [0, 0.1) is 0 Å². The van der Waals surface area contributed by atoms with Gasteiger partial charge in [0.1, 0.15) is 12.0 Å². The van der Waals surface area contributed by atoms with Crippen molar-refractivity contribution in [1.29, 1.82) is 0 Å². The summed E-state index contributed by atoms with van der Waals surface area (Å²) in [5.41, 5.74) is 2.73. The Hall–Kier alpha value is -1.45. The fraction of sp³-hybridized carbons (Fsp3) is 0.533. The molecule has 0 amide bonds. The van der Waals surface area contributed by atoms with E-state index in [-0.39, 0.29) is 17.6 Å². The molecule has 0 saturated carbocycles. The molecule has 0 aromatic heterocycles. The van der Waals surface area contributed by atoms with Crippen molar-refractivity contribution in [2.24, 2.45) is 0 Å². The number of rotatable bonds is 6. The van der Waals surface area contributed by atoms with Crippen molar-refractivity contribution in [1.82, 2.24) is 0 Å². The second-order valence-electron chi connectivity index (χ2n) is 5.14. The smallest absolute Gasteiger partial charge is 0.387 e. The van der Waals surface area contributed by atoms with Crippen LogP contribution in [0.1, 0.15) is 56.2 Å². The summed E-state index contributed by atoms with van der Waals surface area (Å²) in [4.78, 5) is 10.8. The second-order valence-corrected chi connectivity index (χ2v) is 5.14. The number of benzene rings is 1. The fourth-order valence-electron chi connectivity index (χ4n) is 2.21. The molecule has 1 aromatic carbocycles. The molecule has 0 spiro atoms. The van der Waals surface area contributed by atoms with Crippen LogP contribution in [-0.2, 0) is 11.2 Å². The van der Waals surface area contributed by atoms with Gasteiger partial charge in [-0.05, 0) is 40.7 Å². The number of ether oxygens (including phenoxy) is 1. The van der Waals surface area contributed by atoms with E-state index in [0.29, 0.717) is 6.42 Å². The molecule has 0 unspecified atom stereocenters. The van der Waals surface area contributed by atoms with E-state index in [1.807, 2.05) is 27.7 Å². The summed E-state index contributed by atoms with van der Waals surface area (Å²) in [5.74, 6) is 0.458. The summed E-state index contributed by atoms with van der Waals surface area (Å²) < 4.78 is 29.2. The average molecular weight is 270 g/mol. The molecule has 0 radical (unpaired) electrons. The minimum atomic E-state index is -2.84. The molecule has 0 atom stereocenters. The molecule has 1 rings (SSSR count). The Morgan fingerprint density at radius 1 is 1.11 bits per heavy atom. The fourth-order valence-corrected chi connectivity index (χ4v) is 2.21. The summed E-state index contributed by atoms with van der Waals surface area (Å²) >= 11 is 0. The lowest BCUT2D eigenvalue weighted by molar-refractivity contribution is -0.107. The van der Waals surface area contributed by atoms with Crippen molar-refractivity contribution < 1.29 is 18.3 Å². The van der Waals surface area contributed by atoms with Crippen LogP contribution in [0.5, 0.6) is 5.75 Å². The average Bonchev–Trinajstić information content (AvgIpc) is 2.29. The molecule has 0 bridgehead atoms. The molecule has 2 nitrogen and oxygen atoms in total. The van der Waals surface area contributed by atoms with E-state index in [1.54, 1.807) is 12.1 Å². The number of hydrogen-bond acceptors (Lipinski definition) is 2. The summed E-state index contributed by atoms with van der Waals surface area (Å²) in [5, 5.41) is 0. The zero-order valence-electron chi connectivity index (χ0n) is 11.7. The van der Waals surface area contributed by atoms with Gasteiger partial charge in [-0.2, -0.15) is 8.78 Å². The van der Waals surface area contributed by atoms with Gasteiger partial charge in [-0.25, -0.2) is 0 Å². The number of hydrogen-bond donors (Lipinski definition) is 0. The number of carbonyl (C=O) groups excluding carboxylic acids is 1. The van der Waals surface area contributed by atoms with Crippen molar-refractivity contribution in [3.8, 4) is 5.75 Å². The van der Waals surface area contributed by atoms with Crippen LogP contribution in [0.4, 0.5) is 8.78 Å². The van der Waals surface area contributed by atoms with Gasteiger partial charge in [0, 0.05) is 6.42 Å². The van der Waals surface area contributed by atoms with Gasteiger partial charge in [0.2, 0.25) is 0 Å². The molecule has 19 heavy (non-hydrogen) atoms. The standard InChI is InChI=1S/C15H20F2O2/c1-9(2)13-7-11(19-15(16)17)8-14(10(3)4)12(13)5-6-18/h6-10,15H,5H2,1-4H3. The molecule has 106 valence electrons. The van der Waals surface area contributed by atoms with E-state index in [9.17, 15) is 13.6 Å². The highest BCUT2D eigenvalue weighted by Crippen LogP contribution is 2.33. The SMILES string of the molecule is CC(C)c1cc(OC(F)F)cc(C(C)C)c1CC=O. The first kappa shape index (κ1) is 15.6. The molecule has 0 N–H and O–H groups in total. The second kappa shape index (κ2) is 6.64. The van der Waals surface area contributed by atoms with E-state index in [2.05, 4.69) is 4.74 Å². The normalized spacial score (nSPS) is 11.4. The number of alkyl halides is 2. The Labute approximate surface area is 112 Å². The van der Waals surface area contributed by atoms with Gasteiger partial charge in [-0.3, -0.25) is 0 Å². The number of aldehydes is 1. The van der Waals surface area contributed by atoms with E-state index in [1.165, 1.54) is 0 Å². The molecule has 4 heteroatoms. The lowest BCUT2D eigenvalue weighted by Gasteiger charge is -2.20. The maximum atomic E-state index is 12.4. The summed E-state index contributed by atoms with van der Waals surface area (Å²) in [6.07, 6.45) is 1.15. The van der Waals surface area contributed by atoms with Crippen molar-refractivity contribution in [2.75, 3.05) is 0 Å². The van der Waals surface area contributed by atoms with Crippen molar-refractivity contribution >= 4 is 6.29 Å². The zero-order valence-corrected chi connectivity index (χ0v) is 11.7. The number of carbonyl (C=O) groups is 1. The molecule has 0 fully saturated rings. The first-order valence-corrected chi connectivity index (χ1v) is 6.42. The van der Waals surface area contributed by atoms with Gasteiger partial charge in [0.25, 0.3) is 0 Å². The maximum absolute atomic E-state index is 12.4. The third kappa shape index (κ3) is 4.01. The Kier molecular flexibility index (Phi) is 5.45. The van der Waals surface area contributed by atoms with Crippen LogP contribution in [0.15, 0.2) is 12.1 Å². The minimum absolute atomic E-state index is 0.147.